The molecular weight excluding hydrogens is 420 g/mol. The third kappa shape index (κ3) is 4.24. The third-order valence-corrected chi connectivity index (χ3v) is 7.97. The maximum absolute atomic E-state index is 12.0. The van der Waals surface area contributed by atoms with Crippen LogP contribution in [0.25, 0.3) is 10.9 Å². The van der Waals surface area contributed by atoms with E-state index in [0.29, 0.717) is 28.4 Å². The number of hydrogen-bond acceptors (Lipinski definition) is 6. The van der Waals surface area contributed by atoms with E-state index in [1.54, 1.807) is 12.1 Å². The van der Waals surface area contributed by atoms with Gasteiger partial charge < -0.3 is 10.2 Å². The zero-order valence-electron chi connectivity index (χ0n) is 18.7. The van der Waals surface area contributed by atoms with Gasteiger partial charge in [-0.1, -0.05) is 24.3 Å². The van der Waals surface area contributed by atoms with Crippen LogP contribution in [0.4, 0.5) is 5.95 Å². The Morgan fingerprint density at radius 3 is 2.72 bits per heavy atom. The van der Waals surface area contributed by atoms with Gasteiger partial charge in [0.15, 0.2) is 9.84 Å². The zero-order chi connectivity index (χ0) is 22.3. The molecule has 1 fully saturated rings. The van der Waals surface area contributed by atoms with Crippen molar-refractivity contribution in [1.82, 2.24) is 15.3 Å². The van der Waals surface area contributed by atoms with Crippen LogP contribution in [-0.2, 0) is 16.3 Å². The molecule has 1 aromatic heterocycles. The summed E-state index contributed by atoms with van der Waals surface area (Å²) in [7, 11) is -3.27. The summed E-state index contributed by atoms with van der Waals surface area (Å²) in [6.07, 6.45) is 6.83. The van der Waals surface area contributed by atoms with Gasteiger partial charge in [-0.3, -0.25) is 0 Å². The van der Waals surface area contributed by atoms with Crippen LogP contribution < -0.4 is 10.2 Å². The summed E-state index contributed by atoms with van der Waals surface area (Å²) in [6.45, 7) is 3.77. The van der Waals surface area contributed by atoms with E-state index in [4.69, 9.17) is 9.97 Å². The minimum Gasteiger partial charge on any atom is -0.341 e. The van der Waals surface area contributed by atoms with Gasteiger partial charge >= 0.3 is 0 Å². The van der Waals surface area contributed by atoms with Crippen molar-refractivity contribution in [3.63, 3.8) is 0 Å². The number of sulfone groups is 1. The second-order valence-electron chi connectivity index (χ2n) is 9.13. The molecule has 2 aliphatic rings. The first-order valence-corrected chi connectivity index (χ1v) is 13.3. The van der Waals surface area contributed by atoms with Crippen LogP contribution in [0.3, 0.4) is 0 Å². The van der Waals surface area contributed by atoms with Crippen molar-refractivity contribution < 1.29 is 8.42 Å². The summed E-state index contributed by atoms with van der Waals surface area (Å²) in [4.78, 5) is 12.1. The topological polar surface area (TPSA) is 75.2 Å². The second kappa shape index (κ2) is 8.45. The number of nitrogens with one attached hydrogen (secondary N) is 1. The number of hydrogen-bond donors (Lipinski definition) is 1. The molecule has 5 rings (SSSR count). The normalized spacial score (nSPS) is 21.5. The molecule has 2 heterocycles. The first-order chi connectivity index (χ1) is 15.4. The molecule has 0 bridgehead atoms. The van der Waals surface area contributed by atoms with Crippen LogP contribution in [0.15, 0.2) is 47.4 Å². The summed E-state index contributed by atoms with van der Waals surface area (Å²) in [6, 6.07) is 14.8. The maximum Gasteiger partial charge on any atom is 0.226 e. The van der Waals surface area contributed by atoms with Crippen LogP contribution in [0.2, 0.25) is 0 Å². The molecule has 1 N–H and O–H groups in total. The average molecular weight is 451 g/mol. The van der Waals surface area contributed by atoms with E-state index in [-0.39, 0.29) is 0 Å². The predicted molar refractivity (Wildman–Crippen MR) is 128 cm³/mol. The summed E-state index contributed by atoms with van der Waals surface area (Å²) < 4.78 is 24.0. The number of rotatable bonds is 4. The fourth-order valence-corrected chi connectivity index (χ4v) is 5.74. The Balaban J connectivity index is 1.33. The Bertz CT molecular complexity index is 1260. The van der Waals surface area contributed by atoms with E-state index in [1.165, 1.54) is 23.8 Å². The molecule has 0 radical (unpaired) electrons. The van der Waals surface area contributed by atoms with Crippen molar-refractivity contribution in [3.05, 3.63) is 59.3 Å². The van der Waals surface area contributed by atoms with Crippen molar-refractivity contribution in [3.8, 4) is 0 Å². The van der Waals surface area contributed by atoms with Gasteiger partial charge in [-0.25, -0.2) is 18.4 Å². The second-order valence-corrected chi connectivity index (χ2v) is 11.1. The van der Waals surface area contributed by atoms with Crippen molar-refractivity contribution in [2.75, 3.05) is 24.2 Å². The number of aryl methyl sites for hydroxylation is 2. The molecule has 6 nitrogen and oxygen atoms in total. The Morgan fingerprint density at radius 2 is 1.88 bits per heavy atom. The fourth-order valence-electron chi connectivity index (χ4n) is 5.10. The molecule has 2 atom stereocenters. The fraction of sp³-hybridized carbons (Fsp3) is 0.440. The molecule has 1 aliphatic heterocycles. The minimum atomic E-state index is -3.27. The van der Waals surface area contributed by atoms with Gasteiger partial charge in [0, 0.05) is 36.8 Å². The molecule has 1 aliphatic carbocycles. The third-order valence-electron chi connectivity index (χ3n) is 6.86. The summed E-state index contributed by atoms with van der Waals surface area (Å²) in [5.74, 6) is 0.701. The van der Waals surface area contributed by atoms with E-state index in [0.717, 1.165) is 49.9 Å². The van der Waals surface area contributed by atoms with Crippen molar-refractivity contribution in [2.24, 2.45) is 0 Å². The van der Waals surface area contributed by atoms with Gasteiger partial charge in [-0.15, -0.1) is 0 Å². The largest absolute Gasteiger partial charge is 0.341 e. The van der Waals surface area contributed by atoms with Crippen molar-refractivity contribution in [1.29, 1.82) is 0 Å². The van der Waals surface area contributed by atoms with E-state index in [2.05, 4.69) is 34.5 Å². The molecule has 32 heavy (non-hydrogen) atoms. The van der Waals surface area contributed by atoms with Crippen molar-refractivity contribution >= 4 is 26.7 Å². The smallest absolute Gasteiger partial charge is 0.226 e. The quantitative estimate of drug-likeness (QED) is 0.648. The lowest BCUT2D eigenvalue weighted by Gasteiger charge is -2.23. The monoisotopic (exact) mass is 450 g/mol. The standard InChI is InChI=1S/C25H30N4O2S/c1-17-21-11-10-20(32(2,30)31)16-24(21)28-25(26-17)29-14-5-7-19(13-15-29)27-23-12-9-18-6-3-4-8-22(18)23/h3-4,6,8,10-11,16,19,23,27H,5,7,9,12-15H2,1-2H3/t19-,23-/m1/s1. The van der Waals surface area contributed by atoms with Crippen LogP contribution in [-0.4, -0.2) is 43.8 Å². The van der Waals surface area contributed by atoms with Crippen LogP contribution in [0.1, 0.15) is 48.5 Å². The number of fused-ring (bicyclic) bond motifs is 2. The molecule has 3 aromatic rings. The molecular formula is C25H30N4O2S. The molecule has 168 valence electrons. The van der Waals surface area contributed by atoms with Crippen LogP contribution >= 0.6 is 0 Å². The highest BCUT2D eigenvalue weighted by atomic mass is 32.2. The number of benzene rings is 2. The van der Waals surface area contributed by atoms with E-state index < -0.39 is 9.84 Å². The molecule has 0 spiro atoms. The van der Waals surface area contributed by atoms with E-state index >= 15 is 0 Å². The first-order valence-electron chi connectivity index (χ1n) is 11.5. The Labute approximate surface area is 190 Å². The number of aromatic nitrogens is 2. The molecule has 2 aromatic carbocycles. The molecule has 1 saturated heterocycles. The Morgan fingerprint density at radius 1 is 1.03 bits per heavy atom. The lowest BCUT2D eigenvalue weighted by molar-refractivity contribution is 0.404. The predicted octanol–water partition coefficient (Wildman–Crippen LogP) is 3.98. The average Bonchev–Trinajstić information content (AvgIpc) is 3.02. The molecule has 0 amide bonds. The number of anilines is 1. The van der Waals surface area contributed by atoms with Gasteiger partial charge in [0.2, 0.25) is 5.95 Å². The summed E-state index contributed by atoms with van der Waals surface area (Å²) in [5.41, 5.74) is 4.51. The summed E-state index contributed by atoms with van der Waals surface area (Å²) in [5, 5.41) is 4.82. The molecule has 0 saturated carbocycles. The van der Waals surface area contributed by atoms with E-state index in [9.17, 15) is 8.42 Å². The lowest BCUT2D eigenvalue weighted by Crippen LogP contribution is -2.33. The number of nitrogens with zero attached hydrogens (tertiary/aromatic N) is 3. The minimum absolute atomic E-state index is 0.297. The maximum atomic E-state index is 12.0. The molecule has 0 unspecified atom stereocenters. The highest BCUT2D eigenvalue weighted by molar-refractivity contribution is 7.90. The van der Waals surface area contributed by atoms with Crippen LogP contribution in [0.5, 0.6) is 0 Å². The zero-order valence-corrected chi connectivity index (χ0v) is 19.5. The van der Waals surface area contributed by atoms with Gasteiger partial charge in [-0.2, -0.15) is 0 Å². The Kier molecular flexibility index (Phi) is 5.63. The highest BCUT2D eigenvalue weighted by Crippen LogP contribution is 2.32. The lowest BCUT2D eigenvalue weighted by atomic mass is 10.0. The SMILES string of the molecule is Cc1nc(N2CCC[C@@H](N[C@@H]3CCc4ccccc43)CC2)nc2cc(S(C)(=O)=O)ccc12. The van der Waals surface area contributed by atoms with Gasteiger partial charge in [0.25, 0.3) is 0 Å². The molecule has 7 heteroatoms. The van der Waals surface area contributed by atoms with Crippen molar-refractivity contribution in [2.45, 2.75) is 56.0 Å². The Hall–Kier alpha value is -2.51. The van der Waals surface area contributed by atoms with Gasteiger partial charge in [0.05, 0.1) is 16.1 Å². The van der Waals surface area contributed by atoms with E-state index in [1.807, 2.05) is 13.0 Å². The van der Waals surface area contributed by atoms with Crippen LogP contribution in [0, 0.1) is 6.92 Å². The van der Waals surface area contributed by atoms with Gasteiger partial charge in [-0.05, 0) is 68.4 Å². The summed E-state index contributed by atoms with van der Waals surface area (Å²) >= 11 is 0. The van der Waals surface area contributed by atoms with Gasteiger partial charge in [0.1, 0.15) is 0 Å². The first kappa shape index (κ1) is 21.3. The highest BCUT2D eigenvalue weighted by Gasteiger charge is 2.26.